The maximum atomic E-state index is 11.6. The summed E-state index contributed by atoms with van der Waals surface area (Å²) in [5, 5.41) is 6.47. The quantitative estimate of drug-likeness (QED) is 0.570. The molecule has 0 aliphatic rings. The van der Waals surface area contributed by atoms with Gasteiger partial charge in [-0.3, -0.25) is 4.79 Å². The number of hydrogen-bond acceptors (Lipinski definition) is 2. The van der Waals surface area contributed by atoms with Crippen LogP contribution >= 0.6 is 0 Å². The number of anilines is 1. The van der Waals surface area contributed by atoms with Crippen molar-refractivity contribution in [3.05, 3.63) is 77.9 Å². The molecule has 0 saturated carbocycles. The van der Waals surface area contributed by atoms with Crippen LogP contribution in [-0.4, -0.2) is 12.5 Å². The molecular formula is C24H34N2O. The molecule has 2 aromatic carbocycles. The van der Waals surface area contributed by atoms with Crippen LogP contribution in [0.3, 0.4) is 0 Å². The van der Waals surface area contributed by atoms with Gasteiger partial charge in [0.2, 0.25) is 5.91 Å². The van der Waals surface area contributed by atoms with E-state index < -0.39 is 0 Å². The van der Waals surface area contributed by atoms with Gasteiger partial charge >= 0.3 is 0 Å². The Morgan fingerprint density at radius 1 is 1.04 bits per heavy atom. The molecule has 2 N–H and O–H groups in total. The van der Waals surface area contributed by atoms with Crippen molar-refractivity contribution in [3.8, 4) is 0 Å². The van der Waals surface area contributed by atoms with Crippen LogP contribution in [0.5, 0.6) is 0 Å². The SMILES string of the molecule is C=C.CCCCC(=O)NCCc1ccc(NCc2cc(C)ccc2C)cc1. The van der Waals surface area contributed by atoms with Crippen molar-refractivity contribution < 1.29 is 4.79 Å². The van der Waals surface area contributed by atoms with Crippen molar-refractivity contribution in [1.29, 1.82) is 0 Å². The van der Waals surface area contributed by atoms with Crippen LogP contribution in [0.25, 0.3) is 0 Å². The van der Waals surface area contributed by atoms with Crippen LogP contribution in [0.2, 0.25) is 0 Å². The molecule has 2 aromatic rings. The van der Waals surface area contributed by atoms with E-state index in [0.29, 0.717) is 13.0 Å². The second-order valence-electron chi connectivity index (χ2n) is 6.68. The third kappa shape index (κ3) is 8.59. The number of benzene rings is 2. The maximum Gasteiger partial charge on any atom is 0.220 e. The Bertz CT molecular complexity index is 692. The minimum absolute atomic E-state index is 0.161. The van der Waals surface area contributed by atoms with Gasteiger partial charge in [0, 0.05) is 25.2 Å². The molecule has 0 aromatic heterocycles. The largest absolute Gasteiger partial charge is 0.381 e. The van der Waals surface area contributed by atoms with E-state index in [9.17, 15) is 4.79 Å². The molecule has 0 aliphatic carbocycles. The van der Waals surface area contributed by atoms with Crippen molar-refractivity contribution in [2.75, 3.05) is 11.9 Å². The molecule has 2 rings (SSSR count). The minimum atomic E-state index is 0.161. The Hall–Kier alpha value is -2.55. The molecule has 0 atom stereocenters. The molecule has 0 heterocycles. The van der Waals surface area contributed by atoms with Crippen LogP contribution in [-0.2, 0) is 17.8 Å². The summed E-state index contributed by atoms with van der Waals surface area (Å²) in [5.74, 6) is 0.161. The number of rotatable bonds is 9. The van der Waals surface area contributed by atoms with E-state index in [-0.39, 0.29) is 5.91 Å². The fourth-order valence-electron chi connectivity index (χ4n) is 2.75. The lowest BCUT2D eigenvalue weighted by molar-refractivity contribution is -0.121. The average molecular weight is 367 g/mol. The lowest BCUT2D eigenvalue weighted by atomic mass is 10.1. The first kappa shape index (κ1) is 22.5. The van der Waals surface area contributed by atoms with Gasteiger partial charge in [0.15, 0.2) is 0 Å². The number of nitrogens with one attached hydrogen (secondary N) is 2. The Labute approximate surface area is 164 Å². The van der Waals surface area contributed by atoms with Crippen LogP contribution in [0.4, 0.5) is 5.69 Å². The highest BCUT2D eigenvalue weighted by Crippen LogP contribution is 2.15. The molecule has 0 spiro atoms. The van der Waals surface area contributed by atoms with Gasteiger partial charge in [-0.15, -0.1) is 13.2 Å². The maximum absolute atomic E-state index is 11.6. The lowest BCUT2D eigenvalue weighted by Crippen LogP contribution is -2.25. The molecule has 3 heteroatoms. The second-order valence-corrected chi connectivity index (χ2v) is 6.68. The lowest BCUT2D eigenvalue weighted by Gasteiger charge is -2.11. The number of hydrogen-bond donors (Lipinski definition) is 2. The first-order valence-electron chi connectivity index (χ1n) is 9.74. The van der Waals surface area contributed by atoms with Crippen LogP contribution in [0.1, 0.15) is 48.4 Å². The van der Waals surface area contributed by atoms with Gasteiger partial charge in [0.05, 0.1) is 0 Å². The molecule has 0 fully saturated rings. The zero-order valence-electron chi connectivity index (χ0n) is 17.1. The summed E-state index contributed by atoms with van der Waals surface area (Å²) in [5.41, 5.74) is 6.30. The number of carbonyl (C=O) groups excluding carboxylic acids is 1. The molecular weight excluding hydrogens is 332 g/mol. The van der Waals surface area contributed by atoms with Gasteiger partial charge in [0.1, 0.15) is 0 Å². The molecule has 27 heavy (non-hydrogen) atoms. The monoisotopic (exact) mass is 366 g/mol. The molecule has 0 saturated heterocycles. The summed E-state index contributed by atoms with van der Waals surface area (Å²) in [6.07, 6.45) is 3.53. The summed E-state index contributed by atoms with van der Waals surface area (Å²) in [6.45, 7) is 13.9. The first-order valence-corrected chi connectivity index (χ1v) is 9.74. The van der Waals surface area contributed by atoms with Gasteiger partial charge in [0.25, 0.3) is 0 Å². The number of aryl methyl sites for hydroxylation is 2. The molecule has 1 amide bonds. The van der Waals surface area contributed by atoms with E-state index in [2.05, 4.69) is 87.0 Å². The van der Waals surface area contributed by atoms with Crippen LogP contribution in [0.15, 0.2) is 55.6 Å². The third-order valence-corrected chi connectivity index (χ3v) is 4.43. The summed E-state index contributed by atoms with van der Waals surface area (Å²) >= 11 is 0. The standard InChI is InChI=1S/C22H30N2O.C2H4/c1-4-5-6-22(25)23-14-13-19-9-11-21(12-10-19)24-16-20-15-17(2)7-8-18(20)3;1-2/h7-12,15,24H,4-6,13-14,16H2,1-3H3,(H,23,25);1-2H2. The molecule has 0 radical (unpaired) electrons. The van der Waals surface area contributed by atoms with E-state index in [0.717, 1.165) is 31.5 Å². The van der Waals surface area contributed by atoms with Gasteiger partial charge in [-0.1, -0.05) is 49.2 Å². The topological polar surface area (TPSA) is 41.1 Å². The molecule has 0 unspecified atom stereocenters. The summed E-state index contributed by atoms with van der Waals surface area (Å²) in [7, 11) is 0. The van der Waals surface area contributed by atoms with E-state index in [4.69, 9.17) is 0 Å². The van der Waals surface area contributed by atoms with Crippen molar-refractivity contribution in [2.24, 2.45) is 0 Å². The predicted molar refractivity (Wildman–Crippen MR) is 117 cm³/mol. The molecule has 146 valence electrons. The second kappa shape index (κ2) is 12.7. The fraction of sp³-hybridized carbons (Fsp3) is 0.375. The summed E-state index contributed by atoms with van der Waals surface area (Å²) in [6, 6.07) is 15.0. The highest BCUT2D eigenvalue weighted by atomic mass is 16.1. The number of unbranched alkanes of at least 4 members (excludes halogenated alkanes) is 1. The van der Waals surface area contributed by atoms with Crippen molar-refractivity contribution >= 4 is 11.6 Å². The predicted octanol–water partition coefficient (Wildman–Crippen LogP) is 5.57. The normalized spacial score (nSPS) is 9.89. The van der Waals surface area contributed by atoms with Crippen molar-refractivity contribution in [1.82, 2.24) is 5.32 Å². The Morgan fingerprint density at radius 2 is 1.74 bits per heavy atom. The Morgan fingerprint density at radius 3 is 2.41 bits per heavy atom. The third-order valence-electron chi connectivity index (χ3n) is 4.43. The van der Waals surface area contributed by atoms with Gasteiger partial charge in [-0.2, -0.15) is 0 Å². The van der Waals surface area contributed by atoms with E-state index in [1.807, 2.05) is 0 Å². The molecule has 0 aliphatic heterocycles. The zero-order chi connectivity index (χ0) is 20.1. The summed E-state index contributed by atoms with van der Waals surface area (Å²) < 4.78 is 0. The highest BCUT2D eigenvalue weighted by molar-refractivity contribution is 5.75. The fourth-order valence-corrected chi connectivity index (χ4v) is 2.75. The van der Waals surface area contributed by atoms with Crippen LogP contribution in [0, 0.1) is 13.8 Å². The van der Waals surface area contributed by atoms with Crippen LogP contribution < -0.4 is 10.6 Å². The average Bonchev–Trinajstić information content (AvgIpc) is 2.69. The number of amides is 1. The molecule has 3 nitrogen and oxygen atoms in total. The highest BCUT2D eigenvalue weighted by Gasteiger charge is 2.01. The first-order chi connectivity index (χ1) is 13.1. The molecule has 0 bridgehead atoms. The van der Waals surface area contributed by atoms with E-state index in [1.165, 1.54) is 22.3 Å². The van der Waals surface area contributed by atoms with Gasteiger partial charge < -0.3 is 10.6 Å². The minimum Gasteiger partial charge on any atom is -0.381 e. The van der Waals surface area contributed by atoms with Crippen molar-refractivity contribution in [3.63, 3.8) is 0 Å². The zero-order valence-corrected chi connectivity index (χ0v) is 17.1. The van der Waals surface area contributed by atoms with E-state index >= 15 is 0 Å². The van der Waals surface area contributed by atoms with E-state index in [1.54, 1.807) is 0 Å². The van der Waals surface area contributed by atoms with Gasteiger partial charge in [-0.25, -0.2) is 0 Å². The van der Waals surface area contributed by atoms with Gasteiger partial charge in [-0.05, 0) is 55.5 Å². The van der Waals surface area contributed by atoms with Crippen molar-refractivity contribution in [2.45, 2.75) is 53.0 Å². The Balaban J connectivity index is 0.00000176. The summed E-state index contributed by atoms with van der Waals surface area (Å²) in [4.78, 5) is 11.6. The Kier molecular flexibility index (Phi) is 10.6. The smallest absolute Gasteiger partial charge is 0.220 e. The number of carbonyl (C=O) groups is 1.